The van der Waals surface area contributed by atoms with Crippen molar-refractivity contribution in [3.63, 3.8) is 0 Å². The van der Waals surface area contributed by atoms with E-state index >= 15 is 0 Å². The van der Waals surface area contributed by atoms with E-state index in [4.69, 9.17) is 16.7 Å². The summed E-state index contributed by atoms with van der Waals surface area (Å²) in [6.07, 6.45) is 2.54. The monoisotopic (exact) mass is 401 g/mol. The lowest BCUT2D eigenvalue weighted by atomic mass is 10.2. The third-order valence-corrected chi connectivity index (χ3v) is 4.90. The molecule has 28 heavy (non-hydrogen) atoms. The highest BCUT2D eigenvalue weighted by molar-refractivity contribution is 6.31. The zero-order valence-electron chi connectivity index (χ0n) is 15.7. The van der Waals surface area contributed by atoms with Crippen molar-refractivity contribution < 1.29 is 14.7 Å². The minimum absolute atomic E-state index is 0.0274. The normalized spacial score (nSPS) is 12.0. The molecule has 146 valence electrons. The molecule has 0 spiro atoms. The summed E-state index contributed by atoms with van der Waals surface area (Å²) in [4.78, 5) is 23.6. The Balaban J connectivity index is 1.78. The lowest BCUT2D eigenvalue weighted by Gasteiger charge is -2.13. The number of aromatic carboxylic acids is 1. The van der Waals surface area contributed by atoms with Crippen molar-refractivity contribution in [2.45, 2.75) is 33.4 Å². The number of hydrogen-bond acceptors (Lipinski definition) is 4. The van der Waals surface area contributed by atoms with Crippen molar-refractivity contribution >= 4 is 29.2 Å². The van der Waals surface area contributed by atoms with Gasteiger partial charge < -0.3 is 10.4 Å². The average Bonchev–Trinajstić information content (AvgIpc) is 3.24. The minimum Gasteiger partial charge on any atom is -0.478 e. The van der Waals surface area contributed by atoms with Crippen molar-refractivity contribution in [2.24, 2.45) is 0 Å². The maximum atomic E-state index is 12.6. The van der Waals surface area contributed by atoms with Gasteiger partial charge in [0.15, 0.2) is 0 Å². The topological polar surface area (TPSA) is 102 Å². The molecule has 1 amide bonds. The van der Waals surface area contributed by atoms with Crippen LogP contribution in [0.25, 0.3) is 0 Å². The van der Waals surface area contributed by atoms with Crippen LogP contribution in [0.1, 0.15) is 40.3 Å². The van der Waals surface area contributed by atoms with Gasteiger partial charge in [-0.05, 0) is 32.4 Å². The van der Waals surface area contributed by atoms with Crippen LogP contribution < -0.4 is 5.32 Å². The average molecular weight is 402 g/mol. The SMILES string of the molecule is Cc1nn(Cc2ccccc2Cl)c(C)c1NC(=O)C(C)n1cc(C(=O)O)cn1. The molecule has 0 bridgehead atoms. The van der Waals surface area contributed by atoms with E-state index in [1.165, 1.54) is 17.1 Å². The summed E-state index contributed by atoms with van der Waals surface area (Å²) in [5.74, 6) is -1.41. The van der Waals surface area contributed by atoms with E-state index in [9.17, 15) is 9.59 Å². The minimum atomic E-state index is -1.09. The number of carboxylic acids is 1. The first-order valence-corrected chi connectivity index (χ1v) is 9.01. The predicted molar refractivity (Wildman–Crippen MR) is 105 cm³/mol. The molecule has 2 aromatic heterocycles. The van der Waals surface area contributed by atoms with Gasteiger partial charge in [0.2, 0.25) is 5.91 Å². The third-order valence-electron chi connectivity index (χ3n) is 4.53. The smallest absolute Gasteiger partial charge is 0.338 e. The fraction of sp³-hybridized carbons (Fsp3) is 0.263. The number of carbonyl (C=O) groups excluding carboxylic acids is 1. The van der Waals surface area contributed by atoms with Crippen LogP contribution in [0.2, 0.25) is 5.02 Å². The molecule has 1 atom stereocenters. The Morgan fingerprint density at radius 3 is 2.64 bits per heavy atom. The first kappa shape index (κ1) is 19.6. The Kier molecular flexibility index (Phi) is 5.51. The Morgan fingerprint density at radius 2 is 2.00 bits per heavy atom. The molecule has 0 radical (unpaired) electrons. The molecule has 2 N–H and O–H groups in total. The Hall–Kier alpha value is -3.13. The molecule has 0 aliphatic heterocycles. The van der Waals surface area contributed by atoms with Gasteiger partial charge in [-0.3, -0.25) is 14.2 Å². The van der Waals surface area contributed by atoms with Gasteiger partial charge in [-0.25, -0.2) is 4.79 Å². The summed E-state index contributed by atoms with van der Waals surface area (Å²) in [5, 5.41) is 21.0. The zero-order valence-corrected chi connectivity index (χ0v) is 16.4. The second-order valence-corrected chi connectivity index (χ2v) is 6.88. The highest BCUT2D eigenvalue weighted by Gasteiger charge is 2.21. The van der Waals surface area contributed by atoms with Crippen molar-refractivity contribution in [1.29, 1.82) is 0 Å². The molecule has 1 aromatic carbocycles. The van der Waals surface area contributed by atoms with E-state index in [0.717, 1.165) is 11.3 Å². The number of hydrogen-bond donors (Lipinski definition) is 2. The van der Waals surface area contributed by atoms with E-state index in [2.05, 4.69) is 15.5 Å². The van der Waals surface area contributed by atoms with Crippen molar-refractivity contribution in [2.75, 3.05) is 5.32 Å². The summed E-state index contributed by atoms with van der Waals surface area (Å²) in [6, 6.07) is 6.84. The Bertz CT molecular complexity index is 1040. The second kappa shape index (κ2) is 7.85. The fourth-order valence-electron chi connectivity index (χ4n) is 2.83. The van der Waals surface area contributed by atoms with Crippen LogP contribution in [-0.4, -0.2) is 36.5 Å². The number of carboxylic acid groups (broad SMARTS) is 1. The van der Waals surface area contributed by atoms with Crippen LogP contribution in [0.15, 0.2) is 36.7 Å². The largest absolute Gasteiger partial charge is 0.478 e. The summed E-state index contributed by atoms with van der Waals surface area (Å²) in [7, 11) is 0. The van der Waals surface area contributed by atoms with Crippen LogP contribution in [0.5, 0.6) is 0 Å². The number of aromatic nitrogens is 4. The summed E-state index contributed by atoms with van der Waals surface area (Å²) < 4.78 is 3.10. The van der Waals surface area contributed by atoms with Crippen LogP contribution in [-0.2, 0) is 11.3 Å². The van der Waals surface area contributed by atoms with Crippen LogP contribution in [0, 0.1) is 13.8 Å². The van der Waals surface area contributed by atoms with Gasteiger partial charge in [0.05, 0.1) is 35.4 Å². The number of carbonyl (C=O) groups is 2. The molecule has 8 nitrogen and oxygen atoms in total. The van der Waals surface area contributed by atoms with Gasteiger partial charge in [-0.2, -0.15) is 10.2 Å². The molecule has 3 rings (SSSR count). The lowest BCUT2D eigenvalue weighted by molar-refractivity contribution is -0.119. The van der Waals surface area contributed by atoms with Gasteiger partial charge >= 0.3 is 5.97 Å². The maximum absolute atomic E-state index is 12.6. The molecule has 3 aromatic rings. The maximum Gasteiger partial charge on any atom is 0.338 e. The molecular weight excluding hydrogens is 382 g/mol. The molecule has 9 heteroatoms. The highest BCUT2D eigenvalue weighted by Crippen LogP contribution is 2.23. The van der Waals surface area contributed by atoms with E-state index in [-0.39, 0.29) is 11.5 Å². The summed E-state index contributed by atoms with van der Waals surface area (Å²) in [6.45, 7) is 5.81. The quantitative estimate of drug-likeness (QED) is 0.659. The van der Waals surface area contributed by atoms with E-state index < -0.39 is 12.0 Å². The number of halogens is 1. The highest BCUT2D eigenvalue weighted by atomic mass is 35.5. The van der Waals surface area contributed by atoms with Crippen molar-refractivity contribution in [1.82, 2.24) is 19.6 Å². The first-order valence-electron chi connectivity index (χ1n) is 8.63. The molecule has 0 saturated heterocycles. The lowest BCUT2D eigenvalue weighted by Crippen LogP contribution is -2.24. The number of anilines is 1. The van der Waals surface area contributed by atoms with Crippen LogP contribution in [0.4, 0.5) is 5.69 Å². The van der Waals surface area contributed by atoms with Crippen molar-refractivity contribution in [3.8, 4) is 0 Å². The number of nitrogens with one attached hydrogen (secondary N) is 1. The van der Waals surface area contributed by atoms with E-state index in [1.54, 1.807) is 11.6 Å². The van der Waals surface area contributed by atoms with Crippen molar-refractivity contribution in [3.05, 3.63) is 64.2 Å². The molecular formula is C19H20ClN5O3. The van der Waals surface area contributed by atoms with Gasteiger partial charge in [0, 0.05) is 11.2 Å². The number of nitrogens with zero attached hydrogens (tertiary/aromatic N) is 4. The van der Waals surface area contributed by atoms with Gasteiger partial charge in [0.25, 0.3) is 0 Å². The molecule has 1 unspecified atom stereocenters. The van der Waals surface area contributed by atoms with Gasteiger partial charge in [-0.1, -0.05) is 29.8 Å². The van der Waals surface area contributed by atoms with Crippen LogP contribution >= 0.6 is 11.6 Å². The number of rotatable bonds is 6. The number of benzene rings is 1. The Morgan fingerprint density at radius 1 is 1.29 bits per heavy atom. The zero-order chi connectivity index (χ0) is 20.4. The Labute approximate surface area is 166 Å². The number of aryl methyl sites for hydroxylation is 1. The van der Waals surface area contributed by atoms with E-state index in [0.29, 0.717) is 22.9 Å². The molecule has 0 aliphatic rings. The van der Waals surface area contributed by atoms with Crippen LogP contribution in [0.3, 0.4) is 0 Å². The standard InChI is InChI=1S/C19H20ClN5O3/c1-11-17(12(2)25(23-11)9-14-6-4-5-7-16(14)20)22-18(26)13(3)24-10-15(8-21-24)19(27)28/h4-8,10,13H,9H2,1-3H3,(H,22,26)(H,27,28). The van der Waals surface area contributed by atoms with Gasteiger partial charge in [0.1, 0.15) is 6.04 Å². The predicted octanol–water partition coefficient (Wildman–Crippen LogP) is 3.30. The second-order valence-electron chi connectivity index (χ2n) is 6.47. The summed E-state index contributed by atoms with van der Waals surface area (Å²) in [5.41, 5.74) is 3.05. The van der Waals surface area contributed by atoms with E-state index in [1.807, 2.05) is 38.1 Å². The van der Waals surface area contributed by atoms with Gasteiger partial charge in [-0.15, -0.1) is 0 Å². The molecule has 0 fully saturated rings. The summed E-state index contributed by atoms with van der Waals surface area (Å²) >= 11 is 6.23. The molecule has 0 aliphatic carbocycles. The fourth-order valence-corrected chi connectivity index (χ4v) is 3.02. The number of amides is 1. The first-order chi connectivity index (χ1) is 13.3. The molecule has 0 saturated carbocycles. The third kappa shape index (κ3) is 3.91. The molecule has 2 heterocycles.